The number of nitrogens with zero attached hydrogens (tertiary/aromatic N) is 4. The molecule has 3 N–H and O–H groups in total. The quantitative estimate of drug-likeness (QED) is 0.813. The van der Waals surface area contributed by atoms with Gasteiger partial charge < -0.3 is 16.0 Å². The molecule has 0 radical (unpaired) electrons. The fraction of sp³-hybridized carbons (Fsp3) is 0.467. The summed E-state index contributed by atoms with van der Waals surface area (Å²) >= 11 is 1.30. The van der Waals surface area contributed by atoms with E-state index in [0.29, 0.717) is 29.6 Å². The number of carbonyl (C=O) groups excluding carboxylic acids is 2. The predicted octanol–water partition coefficient (Wildman–Crippen LogP) is 1.10. The van der Waals surface area contributed by atoms with Gasteiger partial charge >= 0.3 is 0 Å². The molecular formula is C15H20N6O2S. The summed E-state index contributed by atoms with van der Waals surface area (Å²) < 4.78 is 1.91. The van der Waals surface area contributed by atoms with Gasteiger partial charge in [0.15, 0.2) is 0 Å². The Balaban J connectivity index is 1.42. The number of piperidine rings is 1. The summed E-state index contributed by atoms with van der Waals surface area (Å²) in [6.07, 6.45) is 5.71. The van der Waals surface area contributed by atoms with Crippen molar-refractivity contribution in [2.75, 3.05) is 25.0 Å². The monoisotopic (exact) mass is 348 g/mol. The molecule has 2 aromatic rings. The van der Waals surface area contributed by atoms with Crippen LogP contribution in [-0.4, -0.2) is 51.1 Å². The highest BCUT2D eigenvalue weighted by Crippen LogP contribution is 2.23. The standard InChI is InChI=1S/C15H20N6O2S/c16-14(23)12-4-8-24-15(12)19-13(22)3-7-20-5-1-11(2-6-20)21-10-17-9-18-21/h4,8-11H,1-3,5-7H2,(H2,16,23)(H,19,22). The summed E-state index contributed by atoms with van der Waals surface area (Å²) in [6.45, 7) is 2.57. The number of amides is 2. The van der Waals surface area contributed by atoms with E-state index in [0.717, 1.165) is 25.9 Å². The Morgan fingerprint density at radius 1 is 1.38 bits per heavy atom. The van der Waals surface area contributed by atoms with Crippen LogP contribution in [0, 0.1) is 0 Å². The van der Waals surface area contributed by atoms with Gasteiger partial charge in [-0.05, 0) is 24.3 Å². The molecule has 128 valence electrons. The number of likely N-dealkylation sites (tertiary alicyclic amines) is 1. The number of carbonyl (C=O) groups is 2. The molecule has 2 aromatic heterocycles. The molecular weight excluding hydrogens is 328 g/mol. The van der Waals surface area contributed by atoms with Crippen LogP contribution in [0.2, 0.25) is 0 Å². The maximum Gasteiger partial charge on any atom is 0.251 e. The van der Waals surface area contributed by atoms with E-state index in [1.54, 1.807) is 24.1 Å². The minimum absolute atomic E-state index is 0.0988. The van der Waals surface area contributed by atoms with E-state index in [1.807, 2.05) is 4.68 Å². The number of hydrogen-bond donors (Lipinski definition) is 2. The summed E-state index contributed by atoms with van der Waals surface area (Å²) in [5, 5.41) is 9.23. The molecule has 0 unspecified atom stereocenters. The SMILES string of the molecule is NC(=O)c1ccsc1NC(=O)CCN1CCC(n2cncn2)CC1. The van der Waals surface area contributed by atoms with Gasteiger partial charge in [0.05, 0.1) is 11.6 Å². The van der Waals surface area contributed by atoms with Crippen LogP contribution in [-0.2, 0) is 4.79 Å². The lowest BCUT2D eigenvalue weighted by molar-refractivity contribution is -0.116. The molecule has 0 aromatic carbocycles. The number of nitrogens with one attached hydrogen (secondary N) is 1. The van der Waals surface area contributed by atoms with Gasteiger partial charge in [0.2, 0.25) is 5.91 Å². The zero-order valence-corrected chi connectivity index (χ0v) is 14.0. The number of nitrogens with two attached hydrogens (primary N) is 1. The highest BCUT2D eigenvalue weighted by molar-refractivity contribution is 7.14. The maximum atomic E-state index is 12.1. The third kappa shape index (κ3) is 3.98. The first-order chi connectivity index (χ1) is 11.6. The van der Waals surface area contributed by atoms with Crippen molar-refractivity contribution in [3.63, 3.8) is 0 Å². The first-order valence-electron chi connectivity index (χ1n) is 7.87. The predicted molar refractivity (Wildman–Crippen MR) is 90.8 cm³/mol. The van der Waals surface area contributed by atoms with Crippen molar-refractivity contribution < 1.29 is 9.59 Å². The van der Waals surface area contributed by atoms with Gasteiger partial charge in [-0.3, -0.25) is 9.59 Å². The lowest BCUT2D eigenvalue weighted by Crippen LogP contribution is -2.36. The summed E-state index contributed by atoms with van der Waals surface area (Å²) in [6, 6.07) is 2.01. The van der Waals surface area contributed by atoms with Crippen LogP contribution in [0.25, 0.3) is 0 Å². The van der Waals surface area contributed by atoms with Crippen molar-refractivity contribution >= 4 is 28.2 Å². The maximum absolute atomic E-state index is 12.1. The molecule has 9 heteroatoms. The Labute approximate surface area is 143 Å². The van der Waals surface area contributed by atoms with Gasteiger partial charge in [0.1, 0.15) is 17.7 Å². The Morgan fingerprint density at radius 2 is 2.17 bits per heavy atom. The third-order valence-electron chi connectivity index (χ3n) is 4.21. The van der Waals surface area contributed by atoms with E-state index in [4.69, 9.17) is 5.73 Å². The molecule has 0 spiro atoms. The van der Waals surface area contributed by atoms with Gasteiger partial charge in [-0.2, -0.15) is 5.10 Å². The minimum Gasteiger partial charge on any atom is -0.366 e. The molecule has 3 rings (SSSR count). The van der Waals surface area contributed by atoms with E-state index in [2.05, 4.69) is 20.3 Å². The Morgan fingerprint density at radius 3 is 2.83 bits per heavy atom. The smallest absolute Gasteiger partial charge is 0.251 e. The number of hydrogen-bond acceptors (Lipinski definition) is 6. The number of primary amides is 1. The van der Waals surface area contributed by atoms with Gasteiger partial charge in [0, 0.05) is 26.1 Å². The first kappa shape index (κ1) is 16.6. The fourth-order valence-corrected chi connectivity index (χ4v) is 3.67. The second kappa shape index (κ2) is 7.54. The summed E-state index contributed by atoms with van der Waals surface area (Å²) in [5.74, 6) is -0.625. The second-order valence-electron chi connectivity index (χ2n) is 5.77. The van der Waals surface area contributed by atoms with Gasteiger partial charge in [-0.15, -0.1) is 11.3 Å². The average Bonchev–Trinajstić information content (AvgIpc) is 3.25. The molecule has 8 nitrogen and oxygen atoms in total. The van der Waals surface area contributed by atoms with Crippen molar-refractivity contribution in [1.29, 1.82) is 0 Å². The van der Waals surface area contributed by atoms with E-state index >= 15 is 0 Å². The first-order valence-corrected chi connectivity index (χ1v) is 8.75. The van der Waals surface area contributed by atoms with Crippen LogP contribution in [0.3, 0.4) is 0 Å². The molecule has 1 aliphatic heterocycles. The van der Waals surface area contributed by atoms with Crippen molar-refractivity contribution in [1.82, 2.24) is 19.7 Å². The van der Waals surface area contributed by atoms with Gasteiger partial charge in [-0.1, -0.05) is 0 Å². The van der Waals surface area contributed by atoms with Crippen molar-refractivity contribution in [2.24, 2.45) is 5.73 Å². The highest BCUT2D eigenvalue weighted by Gasteiger charge is 2.21. The molecule has 1 fully saturated rings. The zero-order valence-electron chi connectivity index (χ0n) is 13.2. The van der Waals surface area contributed by atoms with Gasteiger partial charge in [-0.25, -0.2) is 9.67 Å². The lowest BCUT2D eigenvalue weighted by atomic mass is 10.1. The van der Waals surface area contributed by atoms with Crippen LogP contribution < -0.4 is 11.1 Å². The third-order valence-corrected chi connectivity index (χ3v) is 5.04. The Kier molecular flexibility index (Phi) is 5.21. The topological polar surface area (TPSA) is 106 Å². The van der Waals surface area contributed by atoms with Crippen LogP contribution in [0.15, 0.2) is 24.1 Å². The van der Waals surface area contributed by atoms with Gasteiger partial charge in [0.25, 0.3) is 5.91 Å². The number of anilines is 1. The molecule has 2 amide bonds. The molecule has 0 aliphatic carbocycles. The van der Waals surface area contributed by atoms with Crippen molar-refractivity contribution in [3.05, 3.63) is 29.7 Å². The molecule has 24 heavy (non-hydrogen) atoms. The van der Waals surface area contributed by atoms with Crippen LogP contribution in [0.4, 0.5) is 5.00 Å². The highest BCUT2D eigenvalue weighted by atomic mass is 32.1. The average molecular weight is 348 g/mol. The minimum atomic E-state index is -0.526. The fourth-order valence-electron chi connectivity index (χ4n) is 2.86. The Bertz CT molecular complexity index is 691. The summed E-state index contributed by atoms with van der Waals surface area (Å²) in [5.41, 5.74) is 5.64. The molecule has 1 saturated heterocycles. The molecule has 3 heterocycles. The number of thiophene rings is 1. The van der Waals surface area contributed by atoms with Crippen LogP contribution in [0.5, 0.6) is 0 Å². The summed E-state index contributed by atoms with van der Waals surface area (Å²) in [4.78, 5) is 29.6. The van der Waals surface area contributed by atoms with E-state index in [9.17, 15) is 9.59 Å². The number of aromatic nitrogens is 3. The van der Waals surface area contributed by atoms with Crippen molar-refractivity contribution in [3.8, 4) is 0 Å². The molecule has 0 saturated carbocycles. The summed E-state index contributed by atoms with van der Waals surface area (Å²) in [7, 11) is 0. The van der Waals surface area contributed by atoms with E-state index < -0.39 is 5.91 Å². The normalized spacial score (nSPS) is 16.2. The van der Waals surface area contributed by atoms with E-state index in [1.165, 1.54) is 11.3 Å². The van der Waals surface area contributed by atoms with Crippen molar-refractivity contribution in [2.45, 2.75) is 25.3 Å². The second-order valence-corrected chi connectivity index (χ2v) is 6.69. The van der Waals surface area contributed by atoms with Crippen LogP contribution in [0.1, 0.15) is 35.7 Å². The molecule has 1 aliphatic rings. The van der Waals surface area contributed by atoms with E-state index in [-0.39, 0.29) is 5.91 Å². The zero-order chi connectivity index (χ0) is 16.9. The largest absolute Gasteiger partial charge is 0.366 e. The molecule has 0 bridgehead atoms. The van der Waals surface area contributed by atoms with Crippen LogP contribution >= 0.6 is 11.3 Å². The lowest BCUT2D eigenvalue weighted by Gasteiger charge is -2.31. The number of rotatable bonds is 6. The molecule has 0 atom stereocenters. The Hall–Kier alpha value is -2.26.